The summed E-state index contributed by atoms with van der Waals surface area (Å²) in [6.07, 6.45) is 3.35. The predicted molar refractivity (Wildman–Crippen MR) is 106 cm³/mol. The molecule has 7 heteroatoms. The van der Waals surface area contributed by atoms with E-state index in [0.717, 1.165) is 42.9 Å². The monoisotopic (exact) mass is 381 g/mol. The first kappa shape index (κ1) is 18.0. The molecule has 1 aliphatic heterocycles. The molecule has 0 radical (unpaired) electrons. The molecule has 3 heterocycles. The molecule has 2 aromatic heterocycles. The van der Waals surface area contributed by atoms with Crippen molar-refractivity contribution in [3.8, 4) is 0 Å². The maximum absolute atomic E-state index is 13.3. The Morgan fingerprint density at radius 1 is 1.07 bits per heavy atom. The van der Waals surface area contributed by atoms with Gasteiger partial charge in [0.05, 0.1) is 0 Å². The van der Waals surface area contributed by atoms with Gasteiger partial charge in [-0.25, -0.2) is 9.50 Å². The summed E-state index contributed by atoms with van der Waals surface area (Å²) in [7, 11) is 0. The summed E-state index contributed by atoms with van der Waals surface area (Å²) in [6.45, 7) is 5.60. The molecular weight excluding hydrogens is 358 g/mol. The highest BCUT2D eigenvalue weighted by molar-refractivity contribution is 8.00. The molecule has 0 aliphatic carbocycles. The summed E-state index contributed by atoms with van der Waals surface area (Å²) in [5.41, 5.74) is 2.88. The fourth-order valence-corrected chi connectivity index (χ4v) is 4.49. The van der Waals surface area contributed by atoms with Gasteiger partial charge in [-0.15, -0.1) is 5.10 Å². The second-order valence-corrected chi connectivity index (χ2v) is 8.01. The van der Waals surface area contributed by atoms with Gasteiger partial charge in [-0.2, -0.15) is 4.98 Å². The minimum absolute atomic E-state index is 0.144. The predicted octanol–water partition coefficient (Wildman–Crippen LogP) is 3.59. The van der Waals surface area contributed by atoms with Gasteiger partial charge in [-0.05, 0) is 44.7 Å². The number of amides is 1. The topological polar surface area (TPSA) is 63.4 Å². The van der Waals surface area contributed by atoms with E-state index in [-0.39, 0.29) is 11.2 Å². The van der Waals surface area contributed by atoms with Crippen LogP contribution in [0.25, 0.3) is 5.78 Å². The second-order valence-electron chi connectivity index (χ2n) is 6.94. The third kappa shape index (κ3) is 3.83. The fourth-order valence-electron chi connectivity index (χ4n) is 3.47. The first-order valence-corrected chi connectivity index (χ1v) is 10.2. The van der Waals surface area contributed by atoms with Gasteiger partial charge in [0.2, 0.25) is 11.1 Å². The number of fused-ring (bicyclic) bond motifs is 1. The van der Waals surface area contributed by atoms with E-state index in [1.807, 2.05) is 55.1 Å². The molecule has 1 atom stereocenters. The summed E-state index contributed by atoms with van der Waals surface area (Å²) < 4.78 is 1.74. The van der Waals surface area contributed by atoms with Crippen LogP contribution in [-0.2, 0) is 4.79 Å². The number of hydrogen-bond acceptors (Lipinski definition) is 5. The number of thioether (sulfide) groups is 1. The summed E-state index contributed by atoms with van der Waals surface area (Å²) in [5, 5.41) is 4.82. The van der Waals surface area contributed by atoms with Crippen LogP contribution in [0, 0.1) is 13.8 Å². The number of hydrogen-bond donors (Lipinski definition) is 0. The molecule has 1 aromatic carbocycles. The molecule has 0 spiro atoms. The van der Waals surface area contributed by atoms with E-state index < -0.39 is 0 Å². The van der Waals surface area contributed by atoms with Crippen molar-refractivity contribution in [3.05, 3.63) is 53.3 Å². The molecule has 1 amide bonds. The first-order valence-electron chi connectivity index (χ1n) is 9.33. The first-order chi connectivity index (χ1) is 13.1. The summed E-state index contributed by atoms with van der Waals surface area (Å²) >= 11 is 1.41. The lowest BCUT2D eigenvalue weighted by Crippen LogP contribution is -2.38. The van der Waals surface area contributed by atoms with Gasteiger partial charge < -0.3 is 4.90 Å². The summed E-state index contributed by atoms with van der Waals surface area (Å²) in [4.78, 5) is 24.3. The minimum Gasteiger partial charge on any atom is -0.341 e. The Bertz CT molecular complexity index is 950. The Kier molecular flexibility index (Phi) is 5.11. The standard InChI is InChI=1S/C20H23N5OS/c1-14-13-15(2)25-19(21-14)22-20(23-25)27-17(16-9-5-3-6-10-16)18(26)24-11-7-4-8-12-24/h3,5-6,9-10,13,17H,4,7-8,11-12H2,1-2H3/t17-/m1/s1. The molecule has 6 nitrogen and oxygen atoms in total. The SMILES string of the molecule is Cc1cc(C)n2nc(S[C@@H](C(=O)N3CCCCC3)c3ccccc3)nc2n1. The Balaban J connectivity index is 1.67. The third-order valence-electron chi connectivity index (χ3n) is 4.82. The zero-order valence-corrected chi connectivity index (χ0v) is 16.4. The van der Waals surface area contributed by atoms with Crippen LogP contribution in [0.4, 0.5) is 0 Å². The van der Waals surface area contributed by atoms with Crippen molar-refractivity contribution in [1.82, 2.24) is 24.5 Å². The van der Waals surface area contributed by atoms with Gasteiger partial charge in [0, 0.05) is 24.5 Å². The van der Waals surface area contributed by atoms with Crippen molar-refractivity contribution in [2.75, 3.05) is 13.1 Å². The van der Waals surface area contributed by atoms with Crippen molar-refractivity contribution in [2.45, 2.75) is 43.5 Å². The Morgan fingerprint density at radius 2 is 1.81 bits per heavy atom. The quantitative estimate of drug-likeness (QED) is 0.646. The van der Waals surface area contributed by atoms with Crippen LogP contribution in [0.2, 0.25) is 0 Å². The molecule has 0 N–H and O–H groups in total. The van der Waals surface area contributed by atoms with E-state index in [2.05, 4.69) is 15.1 Å². The number of nitrogens with zero attached hydrogens (tertiary/aromatic N) is 5. The normalized spacial score (nSPS) is 15.9. The van der Waals surface area contributed by atoms with Crippen LogP contribution in [-0.4, -0.2) is 43.5 Å². The van der Waals surface area contributed by atoms with E-state index in [1.165, 1.54) is 18.2 Å². The lowest BCUT2D eigenvalue weighted by Gasteiger charge is -2.30. The highest BCUT2D eigenvalue weighted by Crippen LogP contribution is 2.36. The van der Waals surface area contributed by atoms with Crippen LogP contribution in [0.15, 0.2) is 41.6 Å². The summed E-state index contributed by atoms with van der Waals surface area (Å²) in [5.74, 6) is 0.720. The Morgan fingerprint density at radius 3 is 2.56 bits per heavy atom. The van der Waals surface area contributed by atoms with Crippen molar-refractivity contribution >= 4 is 23.4 Å². The maximum atomic E-state index is 13.3. The number of carbonyl (C=O) groups is 1. The Labute approximate surface area is 163 Å². The van der Waals surface area contributed by atoms with E-state index in [0.29, 0.717) is 10.9 Å². The number of aryl methyl sites for hydroxylation is 2. The van der Waals surface area contributed by atoms with Crippen molar-refractivity contribution in [2.24, 2.45) is 0 Å². The highest BCUT2D eigenvalue weighted by atomic mass is 32.2. The van der Waals surface area contributed by atoms with Crippen LogP contribution in [0.1, 0.15) is 41.5 Å². The Hall–Kier alpha value is -2.41. The summed E-state index contributed by atoms with van der Waals surface area (Å²) in [6, 6.07) is 11.9. The van der Waals surface area contributed by atoms with Gasteiger partial charge in [-0.1, -0.05) is 42.1 Å². The molecule has 140 valence electrons. The number of rotatable bonds is 4. The van der Waals surface area contributed by atoms with Gasteiger partial charge >= 0.3 is 0 Å². The van der Waals surface area contributed by atoms with Crippen molar-refractivity contribution < 1.29 is 4.79 Å². The average molecular weight is 382 g/mol. The molecule has 0 bridgehead atoms. The lowest BCUT2D eigenvalue weighted by atomic mass is 10.1. The number of benzene rings is 1. The van der Waals surface area contributed by atoms with Gasteiger partial charge in [0.25, 0.3) is 5.78 Å². The molecule has 0 unspecified atom stereocenters. The van der Waals surface area contributed by atoms with E-state index in [4.69, 9.17) is 0 Å². The van der Waals surface area contributed by atoms with Crippen molar-refractivity contribution in [1.29, 1.82) is 0 Å². The van der Waals surface area contributed by atoms with Crippen LogP contribution in [0.3, 0.4) is 0 Å². The second kappa shape index (κ2) is 7.68. The molecule has 4 rings (SSSR count). The number of likely N-dealkylation sites (tertiary alicyclic amines) is 1. The van der Waals surface area contributed by atoms with Gasteiger partial charge in [0.15, 0.2) is 0 Å². The fraction of sp³-hybridized carbons (Fsp3) is 0.400. The van der Waals surface area contributed by atoms with E-state index >= 15 is 0 Å². The zero-order valence-electron chi connectivity index (χ0n) is 15.6. The minimum atomic E-state index is -0.344. The molecule has 1 saturated heterocycles. The van der Waals surface area contributed by atoms with Gasteiger partial charge in [-0.3, -0.25) is 4.79 Å². The largest absolute Gasteiger partial charge is 0.341 e. The number of aromatic nitrogens is 4. The molecule has 3 aromatic rings. The van der Waals surface area contributed by atoms with Crippen LogP contribution >= 0.6 is 11.8 Å². The van der Waals surface area contributed by atoms with Gasteiger partial charge in [0.1, 0.15) is 5.25 Å². The molecule has 1 fully saturated rings. The highest BCUT2D eigenvalue weighted by Gasteiger charge is 2.29. The molecule has 0 saturated carbocycles. The number of piperidine rings is 1. The zero-order chi connectivity index (χ0) is 18.8. The maximum Gasteiger partial charge on any atom is 0.253 e. The van der Waals surface area contributed by atoms with Crippen LogP contribution in [0.5, 0.6) is 0 Å². The molecule has 1 aliphatic rings. The number of carbonyl (C=O) groups excluding carboxylic acids is 1. The molecule has 27 heavy (non-hydrogen) atoms. The van der Waals surface area contributed by atoms with E-state index in [9.17, 15) is 4.79 Å². The van der Waals surface area contributed by atoms with Crippen molar-refractivity contribution in [3.63, 3.8) is 0 Å². The molecular formula is C20H23N5OS. The third-order valence-corrected chi connectivity index (χ3v) is 5.91. The van der Waals surface area contributed by atoms with E-state index in [1.54, 1.807) is 4.52 Å². The van der Waals surface area contributed by atoms with Crippen LogP contribution < -0.4 is 0 Å². The smallest absolute Gasteiger partial charge is 0.253 e. The average Bonchev–Trinajstić information content (AvgIpc) is 3.10. The lowest BCUT2D eigenvalue weighted by molar-refractivity contribution is -0.131.